The van der Waals surface area contributed by atoms with Crippen molar-refractivity contribution in [2.45, 2.75) is 52.4 Å². The molecule has 0 saturated carbocycles. The van der Waals surface area contributed by atoms with Crippen molar-refractivity contribution in [2.75, 3.05) is 0 Å². The average molecular weight is 431 g/mol. The van der Waals surface area contributed by atoms with E-state index < -0.39 is 0 Å². The van der Waals surface area contributed by atoms with E-state index in [1.54, 1.807) is 0 Å². The summed E-state index contributed by atoms with van der Waals surface area (Å²) in [5.74, 6) is 1.64. The molecule has 166 valence electrons. The highest BCUT2D eigenvalue weighted by atomic mass is 14.3. The monoisotopic (exact) mass is 430 g/mol. The van der Waals surface area contributed by atoms with Crippen molar-refractivity contribution < 1.29 is 0 Å². The second-order valence-corrected chi connectivity index (χ2v) is 10.1. The fraction of sp³-hybridized carbons (Fsp3) is 0.273. The lowest BCUT2D eigenvalue weighted by Crippen LogP contribution is -2.03. The molecule has 2 aliphatic carbocycles. The van der Waals surface area contributed by atoms with E-state index in [9.17, 15) is 0 Å². The highest BCUT2D eigenvalue weighted by Gasteiger charge is 2.26. The molecule has 0 nitrogen and oxygen atoms in total. The molecule has 3 aromatic carbocycles. The summed E-state index contributed by atoms with van der Waals surface area (Å²) in [5, 5.41) is 0. The fourth-order valence-corrected chi connectivity index (χ4v) is 5.52. The van der Waals surface area contributed by atoms with Gasteiger partial charge in [0.05, 0.1) is 0 Å². The van der Waals surface area contributed by atoms with Crippen LogP contribution in [0.25, 0.3) is 22.8 Å². The van der Waals surface area contributed by atoms with E-state index in [0.29, 0.717) is 17.8 Å². The molecule has 0 amide bonds. The van der Waals surface area contributed by atoms with Crippen LogP contribution in [0.5, 0.6) is 0 Å². The summed E-state index contributed by atoms with van der Waals surface area (Å²) in [4.78, 5) is 0. The Kier molecular flexibility index (Phi) is 5.94. The van der Waals surface area contributed by atoms with Crippen LogP contribution in [0.15, 0.2) is 96.1 Å². The SMILES string of the molecule is CC1=CC(c2ccccc2)=CC1CCC1C(C)=Cc2c(-c3ccc(C(C)C)cc3)cccc21. The van der Waals surface area contributed by atoms with Crippen molar-refractivity contribution in [3.63, 3.8) is 0 Å². The van der Waals surface area contributed by atoms with Gasteiger partial charge in [0.2, 0.25) is 0 Å². The first kappa shape index (κ1) is 21.7. The molecule has 0 fully saturated rings. The third-order valence-electron chi connectivity index (χ3n) is 7.55. The molecule has 0 heteroatoms. The van der Waals surface area contributed by atoms with Crippen molar-refractivity contribution >= 4 is 11.6 Å². The van der Waals surface area contributed by atoms with Crippen LogP contribution >= 0.6 is 0 Å². The quantitative estimate of drug-likeness (QED) is 0.365. The Morgan fingerprint density at radius 1 is 0.697 bits per heavy atom. The molecule has 0 aliphatic heterocycles. The van der Waals surface area contributed by atoms with Crippen LogP contribution in [0, 0.1) is 5.92 Å². The molecule has 33 heavy (non-hydrogen) atoms. The van der Waals surface area contributed by atoms with Crippen LogP contribution < -0.4 is 0 Å². The van der Waals surface area contributed by atoms with E-state index in [0.717, 1.165) is 0 Å². The second-order valence-electron chi connectivity index (χ2n) is 10.1. The minimum Gasteiger partial charge on any atom is -0.0695 e. The molecule has 0 N–H and O–H groups in total. The fourth-order valence-electron chi connectivity index (χ4n) is 5.52. The first-order chi connectivity index (χ1) is 16.0. The van der Waals surface area contributed by atoms with Crippen LogP contribution in [-0.4, -0.2) is 0 Å². The lowest BCUT2D eigenvalue weighted by atomic mass is 9.86. The van der Waals surface area contributed by atoms with Gasteiger partial charge in [-0.3, -0.25) is 0 Å². The van der Waals surface area contributed by atoms with Gasteiger partial charge in [-0.25, -0.2) is 0 Å². The molecule has 0 heterocycles. The van der Waals surface area contributed by atoms with Crippen LogP contribution in [0.1, 0.15) is 74.6 Å². The van der Waals surface area contributed by atoms with Gasteiger partial charge in [0.1, 0.15) is 0 Å². The first-order valence-electron chi connectivity index (χ1n) is 12.4. The van der Waals surface area contributed by atoms with Gasteiger partial charge in [-0.1, -0.05) is 116 Å². The van der Waals surface area contributed by atoms with E-state index in [1.807, 2.05) is 0 Å². The maximum atomic E-state index is 2.48. The van der Waals surface area contributed by atoms with Crippen LogP contribution in [-0.2, 0) is 0 Å². The predicted octanol–water partition coefficient (Wildman–Crippen LogP) is 9.42. The molecule has 0 bridgehead atoms. The predicted molar refractivity (Wildman–Crippen MR) is 143 cm³/mol. The van der Waals surface area contributed by atoms with Gasteiger partial charge in [-0.2, -0.15) is 0 Å². The average Bonchev–Trinajstić information content (AvgIpc) is 3.36. The van der Waals surface area contributed by atoms with Gasteiger partial charge < -0.3 is 0 Å². The molecule has 5 rings (SSSR count). The number of fused-ring (bicyclic) bond motifs is 1. The van der Waals surface area contributed by atoms with Gasteiger partial charge in [0, 0.05) is 5.92 Å². The summed E-state index contributed by atoms with van der Waals surface area (Å²) in [6, 6.07) is 26.8. The first-order valence-corrected chi connectivity index (χ1v) is 12.4. The Hall–Kier alpha value is -3.12. The van der Waals surface area contributed by atoms with E-state index in [-0.39, 0.29) is 0 Å². The minimum absolute atomic E-state index is 0.525. The zero-order valence-electron chi connectivity index (χ0n) is 20.3. The number of hydrogen-bond donors (Lipinski definition) is 0. The molecule has 3 aromatic rings. The summed E-state index contributed by atoms with van der Waals surface area (Å²) < 4.78 is 0. The molecular weight excluding hydrogens is 396 g/mol. The molecule has 2 aliphatic rings. The summed E-state index contributed by atoms with van der Waals surface area (Å²) >= 11 is 0. The summed E-state index contributed by atoms with van der Waals surface area (Å²) in [7, 11) is 0. The molecule has 2 atom stereocenters. The van der Waals surface area contributed by atoms with E-state index in [1.165, 1.54) is 62.9 Å². The largest absolute Gasteiger partial charge is 0.0695 e. The van der Waals surface area contributed by atoms with Crippen LogP contribution in [0.3, 0.4) is 0 Å². The Balaban J connectivity index is 1.35. The van der Waals surface area contributed by atoms with Crippen molar-refractivity contribution in [3.05, 3.63) is 118 Å². The van der Waals surface area contributed by atoms with Gasteiger partial charge >= 0.3 is 0 Å². The molecular formula is C33H34. The number of benzene rings is 3. The Labute approximate surface area is 199 Å². The van der Waals surface area contributed by atoms with Crippen LogP contribution in [0.2, 0.25) is 0 Å². The number of allylic oxidation sites excluding steroid dienone is 5. The van der Waals surface area contributed by atoms with E-state index in [2.05, 4.69) is 119 Å². The standard InChI is InChI=1S/C33H34/c1-22(2)25-13-15-27(16-14-25)31-11-8-12-32-30(24(4)20-33(31)32)18-17-28-21-29(19-23(28)3)26-9-6-5-7-10-26/h5-16,19-22,28,30H,17-18H2,1-4H3. The maximum absolute atomic E-state index is 2.48. The van der Waals surface area contributed by atoms with Crippen molar-refractivity contribution in [2.24, 2.45) is 5.92 Å². The Morgan fingerprint density at radius 3 is 2.18 bits per heavy atom. The topological polar surface area (TPSA) is 0 Å². The highest BCUT2D eigenvalue weighted by molar-refractivity contribution is 5.82. The molecule has 0 radical (unpaired) electrons. The van der Waals surface area contributed by atoms with E-state index >= 15 is 0 Å². The van der Waals surface area contributed by atoms with Crippen LogP contribution in [0.4, 0.5) is 0 Å². The van der Waals surface area contributed by atoms with Gasteiger partial charge in [-0.05, 0) is 77.5 Å². The zero-order chi connectivity index (χ0) is 22.9. The third-order valence-corrected chi connectivity index (χ3v) is 7.55. The lowest BCUT2D eigenvalue weighted by molar-refractivity contribution is 0.591. The summed E-state index contributed by atoms with van der Waals surface area (Å²) in [6.45, 7) is 9.12. The van der Waals surface area contributed by atoms with E-state index in [4.69, 9.17) is 0 Å². The van der Waals surface area contributed by atoms with Crippen molar-refractivity contribution in [3.8, 4) is 11.1 Å². The Bertz CT molecular complexity index is 1230. The molecule has 0 aromatic heterocycles. The van der Waals surface area contributed by atoms with Crippen molar-refractivity contribution in [1.29, 1.82) is 0 Å². The maximum Gasteiger partial charge on any atom is 0.00552 e. The van der Waals surface area contributed by atoms with Gasteiger partial charge in [0.25, 0.3) is 0 Å². The Morgan fingerprint density at radius 2 is 1.45 bits per heavy atom. The molecule has 0 saturated heterocycles. The third kappa shape index (κ3) is 4.27. The zero-order valence-corrected chi connectivity index (χ0v) is 20.3. The number of hydrogen-bond acceptors (Lipinski definition) is 0. The van der Waals surface area contributed by atoms with Crippen molar-refractivity contribution in [1.82, 2.24) is 0 Å². The second kappa shape index (κ2) is 9.02. The highest BCUT2D eigenvalue weighted by Crippen LogP contribution is 2.45. The normalized spacial score (nSPS) is 19.4. The van der Waals surface area contributed by atoms with Gasteiger partial charge in [-0.15, -0.1) is 0 Å². The lowest BCUT2D eigenvalue weighted by Gasteiger charge is -2.18. The smallest absolute Gasteiger partial charge is 0.00552 e. The molecule has 2 unspecified atom stereocenters. The summed E-state index contributed by atoms with van der Waals surface area (Å²) in [6.07, 6.45) is 9.69. The molecule has 0 spiro atoms. The minimum atomic E-state index is 0.525. The number of rotatable bonds is 6. The van der Waals surface area contributed by atoms with Gasteiger partial charge in [0.15, 0.2) is 0 Å². The summed E-state index contributed by atoms with van der Waals surface area (Å²) in [5.41, 5.74) is 12.7.